The van der Waals surface area contributed by atoms with Crippen LogP contribution in [0.15, 0.2) is 24.3 Å². The number of rotatable bonds is 3. The zero-order chi connectivity index (χ0) is 26.5. The minimum atomic E-state index is -0.832. The molecule has 200 valence electrons. The van der Waals surface area contributed by atoms with Gasteiger partial charge in [-0.05, 0) is 42.4 Å². The molecule has 0 saturated carbocycles. The van der Waals surface area contributed by atoms with Crippen molar-refractivity contribution in [1.29, 1.82) is 0 Å². The van der Waals surface area contributed by atoms with Crippen molar-refractivity contribution in [1.82, 2.24) is 10.6 Å². The number of amides is 3. The minimum Gasteiger partial charge on any atom is -0.459 e. The van der Waals surface area contributed by atoms with Crippen LogP contribution < -0.4 is 16.0 Å². The van der Waals surface area contributed by atoms with E-state index >= 15 is 0 Å². The Morgan fingerprint density at radius 1 is 0.861 bits per heavy atom. The van der Waals surface area contributed by atoms with E-state index < -0.39 is 18.1 Å². The lowest BCUT2D eigenvalue weighted by Gasteiger charge is -2.27. The van der Waals surface area contributed by atoms with Gasteiger partial charge in [-0.2, -0.15) is 0 Å². The van der Waals surface area contributed by atoms with Crippen LogP contribution in [0.2, 0.25) is 0 Å². The summed E-state index contributed by atoms with van der Waals surface area (Å²) in [7, 11) is 0. The molecule has 1 heterocycles. The van der Waals surface area contributed by atoms with Crippen molar-refractivity contribution in [3.8, 4) is 0 Å². The number of hydrogen-bond donors (Lipinski definition) is 3. The summed E-state index contributed by atoms with van der Waals surface area (Å²) in [5, 5.41) is 8.60. The average molecular weight is 502 g/mol. The van der Waals surface area contributed by atoms with Crippen molar-refractivity contribution in [3.63, 3.8) is 0 Å². The molecule has 36 heavy (non-hydrogen) atoms. The van der Waals surface area contributed by atoms with E-state index in [0.29, 0.717) is 24.9 Å². The van der Waals surface area contributed by atoms with Crippen molar-refractivity contribution in [2.75, 3.05) is 5.32 Å². The number of fused-ring (bicyclic) bond motifs is 2. The summed E-state index contributed by atoms with van der Waals surface area (Å²) in [6.45, 7) is 7.60. The van der Waals surface area contributed by atoms with Crippen molar-refractivity contribution in [3.05, 3.63) is 29.8 Å². The van der Waals surface area contributed by atoms with Crippen molar-refractivity contribution >= 4 is 29.4 Å². The van der Waals surface area contributed by atoms with Crippen molar-refractivity contribution in [2.45, 2.75) is 104 Å². The lowest BCUT2D eigenvalue weighted by atomic mass is 9.97. The first-order valence-corrected chi connectivity index (χ1v) is 13.4. The molecular weight excluding hydrogens is 458 g/mol. The second-order valence-electron chi connectivity index (χ2n) is 10.1. The highest BCUT2D eigenvalue weighted by atomic mass is 16.5. The topological polar surface area (TPSA) is 114 Å². The van der Waals surface area contributed by atoms with E-state index in [1.165, 1.54) is 0 Å². The average Bonchev–Trinajstić information content (AvgIpc) is 2.84. The van der Waals surface area contributed by atoms with Gasteiger partial charge in [0.1, 0.15) is 18.7 Å². The molecular formula is C28H43N3O5. The molecule has 2 bridgehead atoms. The maximum absolute atomic E-state index is 13.1. The van der Waals surface area contributed by atoms with Crippen LogP contribution in [0.25, 0.3) is 0 Å². The summed E-state index contributed by atoms with van der Waals surface area (Å²) in [4.78, 5) is 50.9. The predicted molar refractivity (Wildman–Crippen MR) is 140 cm³/mol. The van der Waals surface area contributed by atoms with Crippen LogP contribution in [0, 0.1) is 11.8 Å². The van der Waals surface area contributed by atoms with Crippen molar-refractivity contribution in [2.24, 2.45) is 11.8 Å². The maximum atomic E-state index is 13.1. The summed E-state index contributed by atoms with van der Waals surface area (Å²) in [6.07, 6.45) is 6.94. The first-order valence-electron chi connectivity index (χ1n) is 13.4. The molecule has 3 atom stereocenters. The largest absolute Gasteiger partial charge is 0.459 e. The summed E-state index contributed by atoms with van der Waals surface area (Å²) in [5.74, 6) is -1.39. The summed E-state index contributed by atoms with van der Waals surface area (Å²) in [5.41, 5.74) is 1.41. The normalized spacial score (nSPS) is 22.8. The van der Waals surface area contributed by atoms with E-state index in [2.05, 4.69) is 16.0 Å². The number of hydrogen-bond acceptors (Lipinski definition) is 5. The van der Waals surface area contributed by atoms with E-state index in [0.717, 1.165) is 44.1 Å². The number of ether oxygens (including phenoxy) is 1. The molecule has 2 rings (SSSR count). The van der Waals surface area contributed by atoms with E-state index in [9.17, 15) is 19.2 Å². The molecule has 1 aliphatic rings. The summed E-state index contributed by atoms with van der Waals surface area (Å²) < 4.78 is 5.57. The van der Waals surface area contributed by atoms with Crippen molar-refractivity contribution < 1.29 is 23.9 Å². The Labute approximate surface area is 215 Å². The second kappa shape index (κ2) is 15.3. The molecule has 1 aromatic rings. The quantitative estimate of drug-likeness (QED) is 0.529. The predicted octanol–water partition coefficient (Wildman–Crippen LogP) is 4.47. The highest BCUT2D eigenvalue weighted by molar-refractivity contribution is 5.91. The van der Waals surface area contributed by atoms with Gasteiger partial charge in [-0.1, -0.05) is 71.9 Å². The number of cyclic esters (lactones) is 1. The van der Waals surface area contributed by atoms with Crippen LogP contribution >= 0.6 is 0 Å². The molecule has 8 nitrogen and oxygen atoms in total. The lowest BCUT2D eigenvalue weighted by molar-refractivity contribution is -0.151. The highest BCUT2D eigenvalue weighted by Crippen LogP contribution is 2.16. The van der Waals surface area contributed by atoms with E-state index in [-0.39, 0.29) is 36.2 Å². The number of anilines is 1. The van der Waals surface area contributed by atoms with Gasteiger partial charge >= 0.3 is 5.97 Å². The third kappa shape index (κ3) is 9.99. The van der Waals surface area contributed by atoms with Crippen LogP contribution in [0.1, 0.15) is 91.0 Å². The zero-order valence-electron chi connectivity index (χ0n) is 22.2. The van der Waals surface area contributed by atoms with Gasteiger partial charge in [0.05, 0.1) is 0 Å². The molecule has 8 heteroatoms. The molecule has 0 aliphatic carbocycles. The third-order valence-corrected chi connectivity index (χ3v) is 6.68. The fourth-order valence-electron chi connectivity index (χ4n) is 4.18. The SMILES string of the molecule is CC[C@H](C)[C@@H]1NC(=O)[C@H](C(C)C)NC(=O)CCCCCCCCC(=O)Nc2cccc(c2)COC1=O. The molecule has 0 spiro atoms. The maximum Gasteiger partial charge on any atom is 0.329 e. The van der Waals surface area contributed by atoms with Gasteiger partial charge in [0.15, 0.2) is 0 Å². The first-order chi connectivity index (χ1) is 17.2. The lowest BCUT2D eigenvalue weighted by Crippen LogP contribution is -2.55. The standard InChI is InChI=1S/C28H43N3O5/c1-5-20(4)26-28(35)36-18-21-13-12-14-22(17-21)29-23(32)15-10-8-6-7-9-11-16-24(33)30-25(19(2)3)27(34)31-26/h12-14,17,19-20,25-26H,5-11,15-16,18H2,1-4H3,(H,29,32)(H,30,33)(H,31,34)/t20-,25-,26-/m0/s1. The van der Waals surface area contributed by atoms with Crippen LogP contribution in [-0.2, 0) is 30.5 Å². The molecule has 0 aromatic heterocycles. The number of benzene rings is 1. The summed E-state index contributed by atoms with van der Waals surface area (Å²) in [6, 6.07) is 5.67. The van der Waals surface area contributed by atoms with Crippen LogP contribution in [0.3, 0.4) is 0 Å². The van der Waals surface area contributed by atoms with Gasteiger partial charge < -0.3 is 20.7 Å². The van der Waals surface area contributed by atoms with Gasteiger partial charge in [-0.15, -0.1) is 0 Å². The Morgan fingerprint density at radius 2 is 1.50 bits per heavy atom. The van der Waals surface area contributed by atoms with E-state index in [1.807, 2.05) is 39.8 Å². The Hall–Kier alpha value is -2.90. The van der Waals surface area contributed by atoms with Crippen LogP contribution in [-0.4, -0.2) is 35.8 Å². The first kappa shape index (κ1) is 29.3. The monoisotopic (exact) mass is 501 g/mol. The van der Waals surface area contributed by atoms with Gasteiger partial charge in [0, 0.05) is 18.5 Å². The fourth-order valence-corrected chi connectivity index (χ4v) is 4.18. The van der Waals surface area contributed by atoms with Gasteiger partial charge in [-0.25, -0.2) is 4.79 Å². The van der Waals surface area contributed by atoms with Gasteiger partial charge in [0.25, 0.3) is 0 Å². The van der Waals surface area contributed by atoms with E-state index in [4.69, 9.17) is 4.74 Å². The van der Waals surface area contributed by atoms with E-state index in [1.54, 1.807) is 12.1 Å². The van der Waals surface area contributed by atoms with Crippen LogP contribution in [0.5, 0.6) is 0 Å². The molecule has 0 unspecified atom stereocenters. The van der Waals surface area contributed by atoms with Gasteiger partial charge in [-0.3, -0.25) is 14.4 Å². The highest BCUT2D eigenvalue weighted by Gasteiger charge is 2.32. The second-order valence-corrected chi connectivity index (χ2v) is 10.1. The molecule has 3 N–H and O–H groups in total. The summed E-state index contributed by atoms with van der Waals surface area (Å²) >= 11 is 0. The Bertz CT molecular complexity index is 886. The Kier molecular flexibility index (Phi) is 12.4. The van der Waals surface area contributed by atoms with Gasteiger partial charge in [0.2, 0.25) is 17.7 Å². The molecule has 3 amide bonds. The smallest absolute Gasteiger partial charge is 0.329 e. The Morgan fingerprint density at radius 3 is 2.14 bits per heavy atom. The van der Waals surface area contributed by atoms with Crippen LogP contribution in [0.4, 0.5) is 5.69 Å². The molecule has 0 radical (unpaired) electrons. The number of esters is 1. The number of nitrogens with one attached hydrogen (secondary N) is 3. The number of carbonyl (C=O) groups excluding carboxylic acids is 4. The zero-order valence-corrected chi connectivity index (χ0v) is 22.2. The fraction of sp³-hybridized carbons (Fsp3) is 0.643. The third-order valence-electron chi connectivity index (χ3n) is 6.68. The number of carbonyl (C=O) groups is 4. The molecule has 0 fully saturated rings. The minimum absolute atomic E-state index is 0.0235. The Balaban J connectivity index is 2.19. The molecule has 1 aliphatic heterocycles. The molecule has 0 saturated heterocycles. The molecule has 1 aromatic carbocycles.